The lowest BCUT2D eigenvalue weighted by Gasteiger charge is -2.29. The Kier molecular flexibility index (Phi) is 12.0. The van der Waals surface area contributed by atoms with E-state index in [1.165, 1.54) is 52.3 Å². The Labute approximate surface area is 277 Å². The van der Waals surface area contributed by atoms with E-state index in [0.29, 0.717) is 0 Å². The highest BCUT2D eigenvalue weighted by Gasteiger charge is 2.38. The van der Waals surface area contributed by atoms with Crippen LogP contribution in [0.25, 0.3) is 0 Å². The molecule has 0 bridgehead atoms. The lowest BCUT2D eigenvalue weighted by molar-refractivity contribution is -0.139. The number of nitrogens with zero attached hydrogens (tertiary/aromatic N) is 3. The maximum absolute atomic E-state index is 13.9. The van der Waals surface area contributed by atoms with E-state index in [4.69, 9.17) is 9.47 Å². The highest BCUT2D eigenvalue weighted by atomic mass is 19.4. The smallest absolute Gasteiger partial charge is 0.416 e. The molecule has 15 heteroatoms. The van der Waals surface area contributed by atoms with Crippen molar-refractivity contribution < 1.29 is 41.8 Å². The fourth-order valence-corrected chi connectivity index (χ4v) is 4.42. The minimum absolute atomic E-state index is 0.102. The van der Waals surface area contributed by atoms with E-state index < -0.39 is 58.8 Å². The summed E-state index contributed by atoms with van der Waals surface area (Å²) in [6.07, 6.45) is -3.24. The minimum Gasteiger partial charge on any atom is -0.444 e. The van der Waals surface area contributed by atoms with Crippen LogP contribution in [0.2, 0.25) is 0 Å². The number of halogens is 3. The summed E-state index contributed by atoms with van der Waals surface area (Å²) in [5.41, 5.74) is -2.83. The molecule has 1 aromatic heterocycles. The molecule has 0 saturated heterocycles. The van der Waals surface area contributed by atoms with Gasteiger partial charge in [-0.3, -0.25) is 14.4 Å². The van der Waals surface area contributed by atoms with Crippen molar-refractivity contribution in [1.82, 2.24) is 25.1 Å². The molecule has 3 aromatic rings. The van der Waals surface area contributed by atoms with Crippen molar-refractivity contribution in [3.05, 3.63) is 83.8 Å². The van der Waals surface area contributed by atoms with Gasteiger partial charge in [0.05, 0.1) is 25.1 Å². The molecular formula is C33H41F3N6O6. The number of ether oxygens (including phenoxy) is 2. The van der Waals surface area contributed by atoms with Crippen LogP contribution in [0, 0.1) is 0 Å². The lowest BCUT2D eigenvalue weighted by atomic mass is 9.98. The fraction of sp³-hybridized carbons (Fsp3) is 0.424. The summed E-state index contributed by atoms with van der Waals surface area (Å²) in [7, 11) is 2.82. The first kappa shape index (κ1) is 37.5. The molecule has 2 aromatic carbocycles. The van der Waals surface area contributed by atoms with Crippen LogP contribution in [0.3, 0.4) is 0 Å². The summed E-state index contributed by atoms with van der Waals surface area (Å²) >= 11 is 0. The average molecular weight is 675 g/mol. The number of carbonyl (C=O) groups is 4. The number of carbonyl (C=O) groups excluding carboxylic acids is 4. The summed E-state index contributed by atoms with van der Waals surface area (Å²) in [6.45, 7) is 7.66. The van der Waals surface area contributed by atoms with Crippen LogP contribution in [0.4, 0.5) is 23.8 Å². The van der Waals surface area contributed by atoms with Crippen molar-refractivity contribution in [3.8, 4) is 0 Å². The van der Waals surface area contributed by atoms with E-state index in [9.17, 15) is 32.3 Å². The zero-order valence-electron chi connectivity index (χ0n) is 27.8. The van der Waals surface area contributed by atoms with E-state index in [1.807, 2.05) is 30.3 Å². The molecule has 1 unspecified atom stereocenters. The van der Waals surface area contributed by atoms with Gasteiger partial charge in [0.25, 0.3) is 5.91 Å². The third-order valence-electron chi connectivity index (χ3n) is 6.79. The van der Waals surface area contributed by atoms with Crippen LogP contribution in [0.15, 0.2) is 67.1 Å². The van der Waals surface area contributed by atoms with Crippen molar-refractivity contribution in [2.24, 2.45) is 0 Å². The zero-order valence-corrected chi connectivity index (χ0v) is 27.8. The van der Waals surface area contributed by atoms with Gasteiger partial charge in [0.1, 0.15) is 23.2 Å². The molecule has 0 radical (unpaired) electrons. The molecule has 1 heterocycles. The molecule has 0 aliphatic rings. The highest BCUT2D eigenvalue weighted by molar-refractivity contribution is 5.98. The van der Waals surface area contributed by atoms with Gasteiger partial charge >= 0.3 is 12.3 Å². The molecule has 0 saturated carbocycles. The topological polar surface area (TPSA) is 144 Å². The second-order valence-electron chi connectivity index (χ2n) is 12.7. The van der Waals surface area contributed by atoms with E-state index in [0.717, 1.165) is 27.4 Å². The number of hydrogen-bond acceptors (Lipinski definition) is 7. The van der Waals surface area contributed by atoms with Crippen LogP contribution in [0.1, 0.15) is 57.4 Å². The highest BCUT2D eigenvalue weighted by Crippen LogP contribution is 2.36. The average Bonchev–Trinajstić information content (AvgIpc) is 3.43. The largest absolute Gasteiger partial charge is 0.444 e. The first-order valence-electron chi connectivity index (χ1n) is 14.9. The Bertz CT molecular complexity index is 1580. The number of hydrogen-bond donors (Lipinski definition) is 3. The van der Waals surface area contributed by atoms with Crippen LogP contribution < -0.4 is 16.0 Å². The molecule has 0 spiro atoms. The van der Waals surface area contributed by atoms with Gasteiger partial charge in [0.2, 0.25) is 11.8 Å². The number of benzene rings is 2. The number of rotatable bonds is 12. The Hall–Kier alpha value is -4.92. The number of anilines is 1. The second-order valence-corrected chi connectivity index (χ2v) is 12.7. The van der Waals surface area contributed by atoms with E-state index in [-0.39, 0.29) is 24.6 Å². The van der Waals surface area contributed by atoms with Gasteiger partial charge in [-0.2, -0.15) is 13.2 Å². The van der Waals surface area contributed by atoms with Crippen molar-refractivity contribution in [2.75, 3.05) is 26.0 Å². The number of alkyl halides is 3. The molecule has 3 rings (SSSR count). The third kappa shape index (κ3) is 10.6. The Morgan fingerprint density at radius 2 is 1.56 bits per heavy atom. The van der Waals surface area contributed by atoms with Crippen molar-refractivity contribution in [3.63, 3.8) is 0 Å². The molecular weight excluding hydrogens is 633 g/mol. The molecule has 0 aliphatic heterocycles. The standard InChI is InChI=1S/C33H41F3N6O6/c1-31(2,3)48-30(46)40-32(4,5)29(45)38-24(19-47-18-21-13-9-8-10-14-21)27(43)39-25-17-42(20-37-25)26(28(44)41(6)7)22-15-11-12-16-23(22)33(34,35)36/h8-17,20,24,26H,18-19H2,1-7H3,(H,38,45)(H,39,43)(H,40,46)/t24-,26?/m1/s1. The van der Waals surface area contributed by atoms with E-state index in [2.05, 4.69) is 20.9 Å². The fourth-order valence-electron chi connectivity index (χ4n) is 4.42. The third-order valence-corrected chi connectivity index (χ3v) is 6.79. The zero-order chi connectivity index (χ0) is 35.9. The van der Waals surface area contributed by atoms with Gasteiger partial charge in [-0.1, -0.05) is 48.5 Å². The van der Waals surface area contributed by atoms with Gasteiger partial charge in [0, 0.05) is 20.3 Å². The molecule has 0 aliphatic carbocycles. The van der Waals surface area contributed by atoms with Crippen LogP contribution >= 0.6 is 0 Å². The second kappa shape index (κ2) is 15.3. The van der Waals surface area contributed by atoms with Crippen molar-refractivity contribution >= 4 is 29.6 Å². The number of nitrogens with one attached hydrogen (secondary N) is 3. The molecule has 4 amide bonds. The SMILES string of the molecule is CN(C)C(=O)C(c1ccccc1C(F)(F)F)n1cnc(NC(=O)[C@@H](COCc2ccccc2)NC(=O)C(C)(C)NC(=O)OC(C)(C)C)c1. The molecule has 3 N–H and O–H groups in total. The Morgan fingerprint density at radius 1 is 0.938 bits per heavy atom. The summed E-state index contributed by atoms with van der Waals surface area (Å²) in [5, 5.41) is 7.59. The number of aromatic nitrogens is 2. The lowest BCUT2D eigenvalue weighted by Crippen LogP contribution is -2.59. The summed E-state index contributed by atoms with van der Waals surface area (Å²) in [5.74, 6) is -2.28. The number of amides is 4. The van der Waals surface area contributed by atoms with Gasteiger partial charge in [-0.25, -0.2) is 9.78 Å². The van der Waals surface area contributed by atoms with Gasteiger partial charge < -0.3 is 34.9 Å². The van der Waals surface area contributed by atoms with Crippen molar-refractivity contribution in [1.29, 1.82) is 0 Å². The summed E-state index contributed by atoms with van der Waals surface area (Å²) in [6, 6.07) is 11.0. The number of likely N-dealkylation sites (N-methyl/N-ethyl adjacent to an activating group) is 1. The normalized spacial score (nSPS) is 13.2. The van der Waals surface area contributed by atoms with Gasteiger partial charge in [0.15, 0.2) is 5.82 Å². The maximum atomic E-state index is 13.9. The number of imidazole rings is 1. The van der Waals surface area contributed by atoms with E-state index >= 15 is 0 Å². The first-order valence-corrected chi connectivity index (χ1v) is 14.9. The molecule has 48 heavy (non-hydrogen) atoms. The molecule has 2 atom stereocenters. The predicted octanol–water partition coefficient (Wildman–Crippen LogP) is 4.52. The molecule has 0 fully saturated rings. The monoisotopic (exact) mass is 674 g/mol. The Balaban J connectivity index is 1.86. The number of alkyl carbamates (subject to hydrolysis) is 1. The van der Waals surface area contributed by atoms with Crippen molar-refractivity contribution in [2.45, 2.75) is 70.6 Å². The quantitative estimate of drug-likeness (QED) is 0.256. The summed E-state index contributed by atoms with van der Waals surface area (Å²) < 4.78 is 53.9. The summed E-state index contributed by atoms with van der Waals surface area (Å²) in [4.78, 5) is 57.6. The van der Waals surface area contributed by atoms with Gasteiger partial charge in [-0.05, 0) is 51.8 Å². The molecule has 260 valence electrons. The first-order chi connectivity index (χ1) is 22.3. The maximum Gasteiger partial charge on any atom is 0.416 e. The molecule has 12 nitrogen and oxygen atoms in total. The van der Waals surface area contributed by atoms with Crippen LogP contribution in [0.5, 0.6) is 0 Å². The Morgan fingerprint density at radius 3 is 2.17 bits per heavy atom. The van der Waals surface area contributed by atoms with Gasteiger partial charge in [-0.15, -0.1) is 0 Å². The predicted molar refractivity (Wildman–Crippen MR) is 171 cm³/mol. The van der Waals surface area contributed by atoms with E-state index in [1.54, 1.807) is 20.8 Å². The van der Waals surface area contributed by atoms with Crippen LogP contribution in [-0.2, 0) is 36.6 Å². The van der Waals surface area contributed by atoms with Crippen LogP contribution in [-0.4, -0.2) is 76.1 Å². The minimum atomic E-state index is -4.74.